The van der Waals surface area contributed by atoms with Crippen molar-refractivity contribution in [2.24, 2.45) is 5.41 Å². The highest BCUT2D eigenvalue weighted by Gasteiger charge is 2.40. The molecule has 0 aliphatic carbocycles. The van der Waals surface area contributed by atoms with Crippen molar-refractivity contribution in [2.75, 3.05) is 6.54 Å². The number of carbonyl (C=O) groups is 1. The van der Waals surface area contributed by atoms with Crippen molar-refractivity contribution in [3.05, 3.63) is 11.8 Å². The Morgan fingerprint density at radius 1 is 1.28 bits per heavy atom. The van der Waals surface area contributed by atoms with E-state index in [1.165, 1.54) is 0 Å². The van der Waals surface area contributed by atoms with Crippen LogP contribution in [0.5, 0.6) is 0 Å². The van der Waals surface area contributed by atoms with E-state index in [0.29, 0.717) is 0 Å². The highest BCUT2D eigenvalue weighted by atomic mass is 79.9. The Balaban J connectivity index is 3.18. The van der Waals surface area contributed by atoms with Crippen LogP contribution in [0.15, 0.2) is 11.8 Å². The maximum Gasteiger partial charge on any atom is 0.187 e. The number of halogens is 2. The molecule has 0 aromatic heterocycles. The van der Waals surface area contributed by atoms with Crippen molar-refractivity contribution < 1.29 is 4.79 Å². The van der Waals surface area contributed by atoms with Gasteiger partial charge in [-0.2, -0.15) is 0 Å². The number of hydrogen-bond donors (Lipinski definition) is 0. The van der Waals surface area contributed by atoms with E-state index in [1.54, 1.807) is 0 Å². The predicted octanol–water partition coefficient (Wildman–Crippen LogP) is 4.48. The summed E-state index contributed by atoms with van der Waals surface area (Å²) in [7, 11) is 0. The fraction of sp³-hybridized carbons (Fsp3) is 0.786. The molecule has 0 unspecified atom stereocenters. The summed E-state index contributed by atoms with van der Waals surface area (Å²) in [6, 6.07) is 0. The van der Waals surface area contributed by atoms with Gasteiger partial charge in [0.15, 0.2) is 5.78 Å². The Hall–Kier alpha value is 0.170. The molecule has 0 amide bonds. The lowest BCUT2D eigenvalue weighted by Crippen LogP contribution is -2.45. The minimum atomic E-state index is -0.677. The van der Waals surface area contributed by atoms with Gasteiger partial charge in [-0.1, -0.05) is 45.7 Å². The fourth-order valence-electron chi connectivity index (χ4n) is 2.06. The Labute approximate surface area is 127 Å². The Bertz CT molecular complexity index is 372. The normalized spacial score (nSPS) is 20.7. The second kappa shape index (κ2) is 4.93. The first-order valence-corrected chi connectivity index (χ1v) is 7.86. The monoisotopic (exact) mass is 379 g/mol. The van der Waals surface area contributed by atoms with E-state index in [2.05, 4.69) is 71.4 Å². The number of hydrogen-bond acceptors (Lipinski definition) is 2. The van der Waals surface area contributed by atoms with Crippen LogP contribution in [0.4, 0.5) is 0 Å². The molecule has 2 nitrogen and oxygen atoms in total. The van der Waals surface area contributed by atoms with Crippen molar-refractivity contribution in [1.29, 1.82) is 0 Å². The van der Waals surface area contributed by atoms with Crippen LogP contribution in [-0.4, -0.2) is 26.0 Å². The topological polar surface area (TPSA) is 20.3 Å². The molecule has 0 fully saturated rings. The van der Waals surface area contributed by atoms with Crippen molar-refractivity contribution in [3.8, 4) is 0 Å². The minimum Gasteiger partial charge on any atom is -0.372 e. The van der Waals surface area contributed by atoms with Crippen LogP contribution in [0.3, 0.4) is 0 Å². The summed E-state index contributed by atoms with van der Waals surface area (Å²) in [5.74, 6) is 0.112. The van der Waals surface area contributed by atoms with Crippen molar-refractivity contribution in [2.45, 2.75) is 56.7 Å². The van der Waals surface area contributed by atoms with Gasteiger partial charge in [0.05, 0.1) is 0 Å². The number of carbonyl (C=O) groups excluding carboxylic acids is 1. The van der Waals surface area contributed by atoms with Crippen LogP contribution in [0, 0.1) is 5.41 Å². The van der Waals surface area contributed by atoms with E-state index in [9.17, 15) is 4.79 Å². The number of Topliss-reactive ketones (excluding diaryl/α,β-unsaturated/α-hetero) is 1. The van der Waals surface area contributed by atoms with Crippen molar-refractivity contribution in [3.63, 3.8) is 0 Å². The van der Waals surface area contributed by atoms with Gasteiger partial charge in [0.25, 0.3) is 0 Å². The third-order valence-corrected chi connectivity index (χ3v) is 4.22. The summed E-state index contributed by atoms with van der Waals surface area (Å²) in [6.45, 7) is 13.6. The van der Waals surface area contributed by atoms with Gasteiger partial charge < -0.3 is 4.90 Å². The molecule has 0 atom stereocenters. The third kappa shape index (κ3) is 3.60. The molecule has 0 spiro atoms. The first kappa shape index (κ1) is 16.2. The van der Waals surface area contributed by atoms with Gasteiger partial charge in [-0.25, -0.2) is 0 Å². The molecular formula is C14H23Br2NO. The number of rotatable bonds is 2. The van der Waals surface area contributed by atoms with Gasteiger partial charge >= 0.3 is 0 Å². The third-order valence-electron chi connectivity index (χ3n) is 3.50. The van der Waals surface area contributed by atoms with E-state index < -0.39 is 3.23 Å². The standard InChI is InChI=1S/C14H23Br2NO/c1-12(2,3)17-8-7-13(4,5)10(9-17)11(18)14(6,15)16/h9H,7-8H2,1-6H3. The lowest BCUT2D eigenvalue weighted by Gasteiger charge is -2.44. The van der Waals surface area contributed by atoms with Crippen LogP contribution in [-0.2, 0) is 4.79 Å². The summed E-state index contributed by atoms with van der Waals surface area (Å²) in [5, 5.41) is 0. The second-order valence-corrected chi connectivity index (χ2v) is 11.0. The second-order valence-electron chi connectivity index (χ2n) is 6.76. The molecule has 0 saturated carbocycles. The molecular weight excluding hydrogens is 358 g/mol. The lowest BCUT2D eigenvalue weighted by molar-refractivity contribution is -0.116. The van der Waals surface area contributed by atoms with Crippen LogP contribution in [0.1, 0.15) is 48.0 Å². The number of alkyl halides is 2. The predicted molar refractivity (Wildman–Crippen MR) is 84.2 cm³/mol. The Kier molecular flexibility index (Phi) is 4.45. The Morgan fingerprint density at radius 3 is 2.17 bits per heavy atom. The number of allylic oxidation sites excluding steroid dienone is 1. The average Bonchev–Trinajstić information content (AvgIpc) is 2.12. The molecule has 4 heteroatoms. The Morgan fingerprint density at radius 2 is 1.78 bits per heavy atom. The maximum atomic E-state index is 12.5. The molecule has 18 heavy (non-hydrogen) atoms. The quantitative estimate of drug-likeness (QED) is 0.658. The van der Waals surface area contributed by atoms with Crippen LogP contribution < -0.4 is 0 Å². The number of nitrogens with zero attached hydrogens (tertiary/aromatic N) is 1. The summed E-state index contributed by atoms with van der Waals surface area (Å²) in [4.78, 5) is 14.8. The molecule has 1 aliphatic heterocycles. The molecule has 104 valence electrons. The first-order valence-electron chi connectivity index (χ1n) is 6.27. The molecule has 0 radical (unpaired) electrons. The summed E-state index contributed by atoms with van der Waals surface area (Å²) in [6.07, 6.45) is 3.05. The smallest absolute Gasteiger partial charge is 0.187 e. The van der Waals surface area contributed by atoms with E-state index in [0.717, 1.165) is 18.5 Å². The first-order chi connectivity index (χ1) is 7.86. The zero-order valence-corrected chi connectivity index (χ0v) is 15.3. The SMILES string of the molecule is CC(Br)(Br)C(=O)C1=CN(C(C)(C)C)CCC1(C)C. The molecule has 0 aromatic rings. The van der Waals surface area contributed by atoms with Gasteiger partial charge in [0, 0.05) is 23.9 Å². The van der Waals surface area contributed by atoms with E-state index in [4.69, 9.17) is 0 Å². The average molecular weight is 381 g/mol. The van der Waals surface area contributed by atoms with Gasteiger partial charge in [-0.3, -0.25) is 4.79 Å². The van der Waals surface area contributed by atoms with E-state index in [1.807, 2.05) is 13.1 Å². The maximum absolute atomic E-state index is 12.5. The summed E-state index contributed by atoms with van der Waals surface area (Å²) >= 11 is 6.82. The fourth-order valence-corrected chi connectivity index (χ4v) is 2.49. The molecule has 1 aliphatic rings. The van der Waals surface area contributed by atoms with E-state index in [-0.39, 0.29) is 16.7 Å². The number of ketones is 1. The summed E-state index contributed by atoms with van der Waals surface area (Å²) in [5.41, 5.74) is 0.874. The van der Waals surface area contributed by atoms with Gasteiger partial charge in [0.1, 0.15) is 3.23 Å². The molecule has 0 N–H and O–H groups in total. The highest BCUT2D eigenvalue weighted by molar-refractivity contribution is 9.25. The lowest BCUT2D eigenvalue weighted by atomic mass is 9.76. The largest absolute Gasteiger partial charge is 0.372 e. The van der Waals surface area contributed by atoms with Gasteiger partial charge in [-0.15, -0.1) is 0 Å². The zero-order chi connectivity index (χ0) is 14.4. The minimum absolute atomic E-state index is 0.0526. The van der Waals surface area contributed by atoms with Crippen LogP contribution in [0.2, 0.25) is 0 Å². The molecule has 0 bridgehead atoms. The molecule has 1 heterocycles. The van der Waals surface area contributed by atoms with Gasteiger partial charge in [0.2, 0.25) is 0 Å². The highest BCUT2D eigenvalue weighted by Crippen LogP contribution is 2.42. The van der Waals surface area contributed by atoms with Crippen molar-refractivity contribution >= 4 is 37.6 Å². The van der Waals surface area contributed by atoms with E-state index >= 15 is 0 Å². The zero-order valence-electron chi connectivity index (χ0n) is 12.1. The van der Waals surface area contributed by atoms with Gasteiger partial charge in [-0.05, 0) is 39.5 Å². The van der Waals surface area contributed by atoms with Crippen molar-refractivity contribution in [1.82, 2.24) is 4.90 Å². The molecule has 0 aromatic carbocycles. The van der Waals surface area contributed by atoms with Crippen LogP contribution >= 0.6 is 31.9 Å². The van der Waals surface area contributed by atoms with Crippen LogP contribution in [0.25, 0.3) is 0 Å². The summed E-state index contributed by atoms with van der Waals surface area (Å²) < 4.78 is -0.677. The molecule has 0 saturated heterocycles. The molecule has 1 rings (SSSR count).